The van der Waals surface area contributed by atoms with E-state index in [1.807, 2.05) is 30.3 Å². The van der Waals surface area contributed by atoms with Gasteiger partial charge in [-0.1, -0.05) is 30.3 Å². The summed E-state index contributed by atoms with van der Waals surface area (Å²) in [6.07, 6.45) is 0.579. The SMILES string of the molecule is COC(=O)C[C@@H]1C[C@@H](COc2ccc(-c3ccc(C(=N)N)cc3)cc2OC)NC1=O.Cl. The van der Waals surface area contributed by atoms with Gasteiger partial charge in [-0.2, -0.15) is 0 Å². The third-order valence-corrected chi connectivity index (χ3v) is 5.06. The lowest BCUT2D eigenvalue weighted by molar-refractivity contribution is -0.143. The van der Waals surface area contributed by atoms with Crippen LogP contribution in [-0.2, 0) is 14.3 Å². The number of nitrogen functional groups attached to an aromatic ring is 1. The zero-order valence-corrected chi connectivity index (χ0v) is 18.2. The average molecular weight is 448 g/mol. The van der Waals surface area contributed by atoms with Crippen molar-refractivity contribution in [2.45, 2.75) is 18.9 Å². The van der Waals surface area contributed by atoms with Crippen molar-refractivity contribution in [2.24, 2.45) is 11.7 Å². The highest BCUT2D eigenvalue weighted by Gasteiger charge is 2.34. The van der Waals surface area contributed by atoms with Crippen LogP contribution in [0.15, 0.2) is 42.5 Å². The summed E-state index contributed by atoms with van der Waals surface area (Å²) < 4.78 is 16.0. The molecule has 9 heteroatoms. The van der Waals surface area contributed by atoms with Crippen LogP contribution in [0.1, 0.15) is 18.4 Å². The van der Waals surface area contributed by atoms with Gasteiger partial charge in [0.05, 0.1) is 32.6 Å². The number of nitrogens with one attached hydrogen (secondary N) is 2. The average Bonchev–Trinajstić information content (AvgIpc) is 3.11. The number of amides is 1. The van der Waals surface area contributed by atoms with E-state index < -0.39 is 11.9 Å². The van der Waals surface area contributed by atoms with E-state index in [4.69, 9.17) is 20.6 Å². The predicted molar refractivity (Wildman–Crippen MR) is 119 cm³/mol. The third-order valence-electron chi connectivity index (χ3n) is 5.06. The van der Waals surface area contributed by atoms with Crippen LogP contribution in [0, 0.1) is 11.3 Å². The van der Waals surface area contributed by atoms with E-state index in [-0.39, 0.29) is 43.2 Å². The second-order valence-corrected chi connectivity index (χ2v) is 7.09. The van der Waals surface area contributed by atoms with Gasteiger partial charge in [0.25, 0.3) is 0 Å². The minimum Gasteiger partial charge on any atom is -0.493 e. The van der Waals surface area contributed by atoms with Crippen LogP contribution in [0.5, 0.6) is 11.5 Å². The normalized spacial score (nSPS) is 17.3. The highest BCUT2D eigenvalue weighted by molar-refractivity contribution is 5.95. The van der Waals surface area contributed by atoms with E-state index in [9.17, 15) is 9.59 Å². The van der Waals surface area contributed by atoms with Crippen molar-refractivity contribution in [1.82, 2.24) is 5.32 Å². The fourth-order valence-corrected chi connectivity index (χ4v) is 3.40. The van der Waals surface area contributed by atoms with Crippen LogP contribution >= 0.6 is 12.4 Å². The summed E-state index contributed by atoms with van der Waals surface area (Å²) in [5.41, 5.74) is 8.05. The monoisotopic (exact) mass is 447 g/mol. The molecule has 3 rings (SSSR count). The van der Waals surface area contributed by atoms with Gasteiger partial charge in [0, 0.05) is 5.56 Å². The molecule has 0 aliphatic carbocycles. The van der Waals surface area contributed by atoms with E-state index in [1.165, 1.54) is 7.11 Å². The second kappa shape index (κ2) is 10.7. The smallest absolute Gasteiger partial charge is 0.306 e. The predicted octanol–water partition coefficient (Wildman–Crippen LogP) is 2.51. The molecular formula is C22H26ClN3O5. The molecule has 1 amide bonds. The van der Waals surface area contributed by atoms with Crippen molar-refractivity contribution in [2.75, 3.05) is 20.8 Å². The summed E-state index contributed by atoms with van der Waals surface area (Å²) in [5, 5.41) is 10.3. The number of nitrogens with two attached hydrogens (primary N) is 1. The van der Waals surface area contributed by atoms with Crippen molar-refractivity contribution < 1.29 is 23.8 Å². The van der Waals surface area contributed by atoms with Gasteiger partial charge in [0.1, 0.15) is 12.4 Å². The Kier molecular flexibility index (Phi) is 8.27. The summed E-state index contributed by atoms with van der Waals surface area (Å²) in [4.78, 5) is 23.4. The largest absolute Gasteiger partial charge is 0.493 e. The number of amidine groups is 1. The molecule has 0 spiro atoms. The molecule has 2 aromatic carbocycles. The maximum atomic E-state index is 12.0. The van der Waals surface area contributed by atoms with Gasteiger partial charge in [-0.3, -0.25) is 15.0 Å². The number of carbonyl (C=O) groups is 2. The highest BCUT2D eigenvalue weighted by atomic mass is 35.5. The fourth-order valence-electron chi connectivity index (χ4n) is 3.40. The zero-order chi connectivity index (χ0) is 21.7. The molecule has 1 aliphatic heterocycles. The Morgan fingerprint density at radius 2 is 1.81 bits per heavy atom. The molecule has 1 heterocycles. The zero-order valence-electron chi connectivity index (χ0n) is 17.3. The summed E-state index contributed by atoms with van der Waals surface area (Å²) in [6.45, 7) is 0.270. The lowest BCUT2D eigenvalue weighted by Gasteiger charge is -2.15. The molecule has 0 unspecified atom stereocenters. The molecule has 31 heavy (non-hydrogen) atoms. The summed E-state index contributed by atoms with van der Waals surface area (Å²) in [7, 11) is 2.87. The van der Waals surface area contributed by atoms with Gasteiger partial charge in [0.15, 0.2) is 11.5 Å². The van der Waals surface area contributed by atoms with Crippen LogP contribution in [0.2, 0.25) is 0 Å². The molecule has 2 aromatic rings. The molecular weight excluding hydrogens is 422 g/mol. The minimum absolute atomic E-state index is 0. The number of ether oxygens (including phenoxy) is 3. The second-order valence-electron chi connectivity index (χ2n) is 7.09. The van der Waals surface area contributed by atoms with E-state index in [0.29, 0.717) is 23.5 Å². The Bertz CT molecular complexity index is 949. The van der Waals surface area contributed by atoms with Gasteiger partial charge < -0.3 is 25.3 Å². The molecule has 166 valence electrons. The van der Waals surface area contributed by atoms with E-state index in [1.54, 1.807) is 19.2 Å². The molecule has 0 radical (unpaired) electrons. The lowest BCUT2D eigenvalue weighted by atomic mass is 10.0. The van der Waals surface area contributed by atoms with Crippen molar-refractivity contribution in [3.63, 3.8) is 0 Å². The number of hydrogen-bond donors (Lipinski definition) is 3. The van der Waals surface area contributed by atoms with Gasteiger partial charge in [-0.25, -0.2) is 0 Å². The van der Waals surface area contributed by atoms with Gasteiger partial charge in [-0.05, 0) is 29.7 Å². The molecule has 0 bridgehead atoms. The maximum Gasteiger partial charge on any atom is 0.306 e. The number of esters is 1. The Morgan fingerprint density at radius 3 is 2.42 bits per heavy atom. The van der Waals surface area contributed by atoms with Crippen LogP contribution in [0.4, 0.5) is 0 Å². The molecule has 0 saturated carbocycles. The quantitative estimate of drug-likeness (QED) is 0.324. The van der Waals surface area contributed by atoms with Gasteiger partial charge in [0.2, 0.25) is 5.91 Å². The Balaban J connectivity index is 0.00000341. The summed E-state index contributed by atoms with van der Waals surface area (Å²) in [6, 6.07) is 12.8. The van der Waals surface area contributed by atoms with Crippen molar-refractivity contribution >= 4 is 30.1 Å². The number of benzene rings is 2. The van der Waals surface area contributed by atoms with E-state index in [2.05, 4.69) is 10.1 Å². The molecule has 4 N–H and O–H groups in total. The first kappa shape index (κ1) is 24.0. The van der Waals surface area contributed by atoms with Crippen LogP contribution in [0.3, 0.4) is 0 Å². The molecule has 0 aromatic heterocycles. The Hall–Kier alpha value is -3.26. The number of methoxy groups -OCH3 is 2. The van der Waals surface area contributed by atoms with Crippen LogP contribution in [-0.4, -0.2) is 44.6 Å². The first-order chi connectivity index (χ1) is 14.4. The van der Waals surface area contributed by atoms with Crippen LogP contribution in [0.25, 0.3) is 11.1 Å². The topological polar surface area (TPSA) is 124 Å². The molecule has 2 atom stereocenters. The van der Waals surface area contributed by atoms with Crippen molar-refractivity contribution in [1.29, 1.82) is 5.41 Å². The number of halogens is 1. The standard InChI is InChI=1S/C22H25N3O5.ClH/c1-28-19-10-15(13-3-5-14(6-4-13)21(23)24)7-8-18(19)30-12-17-9-16(22(27)25-17)11-20(26)29-2;/h3-8,10,16-17H,9,11-12H2,1-2H3,(H3,23,24)(H,25,27);1H/t16-,17-;/m0./s1. The third kappa shape index (κ3) is 5.88. The van der Waals surface area contributed by atoms with Crippen LogP contribution < -0.4 is 20.5 Å². The molecule has 1 aliphatic rings. The van der Waals surface area contributed by atoms with Gasteiger partial charge in [-0.15, -0.1) is 12.4 Å². The molecule has 1 fully saturated rings. The Morgan fingerprint density at radius 1 is 1.13 bits per heavy atom. The summed E-state index contributed by atoms with van der Waals surface area (Å²) in [5.74, 6) is 0.200. The fraction of sp³-hybridized carbons (Fsp3) is 0.318. The minimum atomic E-state index is -0.398. The number of hydrogen-bond acceptors (Lipinski definition) is 6. The molecule has 1 saturated heterocycles. The van der Waals surface area contributed by atoms with E-state index in [0.717, 1.165) is 11.1 Å². The lowest BCUT2D eigenvalue weighted by Crippen LogP contribution is -2.31. The van der Waals surface area contributed by atoms with E-state index >= 15 is 0 Å². The summed E-state index contributed by atoms with van der Waals surface area (Å²) >= 11 is 0. The van der Waals surface area contributed by atoms with Gasteiger partial charge >= 0.3 is 5.97 Å². The maximum absolute atomic E-state index is 12.0. The molecule has 8 nitrogen and oxygen atoms in total. The van der Waals surface area contributed by atoms with Crippen molar-refractivity contribution in [3.8, 4) is 22.6 Å². The number of rotatable bonds is 8. The first-order valence-electron chi connectivity index (χ1n) is 9.54. The van der Waals surface area contributed by atoms with Crippen molar-refractivity contribution in [3.05, 3.63) is 48.0 Å². The number of carbonyl (C=O) groups excluding carboxylic acids is 2. The Labute approximate surface area is 187 Å². The first-order valence-corrected chi connectivity index (χ1v) is 9.54. The highest BCUT2D eigenvalue weighted by Crippen LogP contribution is 2.33.